The van der Waals surface area contributed by atoms with Gasteiger partial charge < -0.3 is 10.0 Å². The van der Waals surface area contributed by atoms with Crippen molar-refractivity contribution in [3.63, 3.8) is 0 Å². The Hall–Kier alpha value is -2.63. The van der Waals surface area contributed by atoms with Gasteiger partial charge in [-0.2, -0.15) is 5.10 Å². The number of aromatic carboxylic acids is 1. The lowest BCUT2D eigenvalue weighted by Gasteiger charge is -2.32. The molecule has 1 fully saturated rings. The largest absolute Gasteiger partial charge is 0.478 e. The van der Waals surface area contributed by atoms with Gasteiger partial charge in [0.25, 0.3) is 5.91 Å². The highest BCUT2D eigenvalue weighted by Gasteiger charge is 2.26. The normalized spacial score (nSPS) is 15.7. The molecular formula is C21H27N3O3. The van der Waals surface area contributed by atoms with Crippen molar-refractivity contribution in [3.05, 3.63) is 53.3 Å². The van der Waals surface area contributed by atoms with Crippen molar-refractivity contribution in [2.75, 3.05) is 13.1 Å². The van der Waals surface area contributed by atoms with Gasteiger partial charge in [-0.05, 0) is 57.6 Å². The van der Waals surface area contributed by atoms with Crippen LogP contribution in [0.3, 0.4) is 0 Å². The quantitative estimate of drug-likeness (QED) is 0.896. The molecule has 3 rings (SSSR count). The molecular weight excluding hydrogens is 342 g/mol. The van der Waals surface area contributed by atoms with Gasteiger partial charge >= 0.3 is 5.97 Å². The maximum absolute atomic E-state index is 12.7. The Kier molecular flexibility index (Phi) is 5.35. The standard InChI is InChI=1S/C21H27N3O3/c1-21(2,3)24-14-17(13-22-24)19(25)23-10-8-15(9-11-23)12-16-6-4-5-7-18(16)20(26)27/h4-7,13-15H,8-12H2,1-3H3,(H,26,27). The van der Waals surface area contributed by atoms with Gasteiger partial charge in [0.05, 0.1) is 22.9 Å². The summed E-state index contributed by atoms with van der Waals surface area (Å²) in [5, 5.41) is 13.6. The Morgan fingerprint density at radius 3 is 2.44 bits per heavy atom. The molecule has 1 amide bonds. The number of hydrogen-bond acceptors (Lipinski definition) is 3. The summed E-state index contributed by atoms with van der Waals surface area (Å²) in [7, 11) is 0. The number of piperidine rings is 1. The molecule has 1 saturated heterocycles. The van der Waals surface area contributed by atoms with Gasteiger partial charge in [-0.3, -0.25) is 9.48 Å². The maximum atomic E-state index is 12.7. The molecule has 6 heteroatoms. The SMILES string of the molecule is CC(C)(C)n1cc(C(=O)N2CCC(Cc3ccccc3C(=O)O)CC2)cn1. The van der Waals surface area contributed by atoms with E-state index in [1.54, 1.807) is 18.3 Å². The number of amides is 1. The molecule has 1 aromatic heterocycles. The van der Waals surface area contributed by atoms with Crippen LogP contribution in [0.15, 0.2) is 36.7 Å². The second kappa shape index (κ2) is 7.55. The molecule has 144 valence electrons. The molecule has 1 aliphatic heterocycles. The van der Waals surface area contributed by atoms with E-state index in [0.29, 0.717) is 30.1 Å². The van der Waals surface area contributed by atoms with Gasteiger partial charge in [0.2, 0.25) is 0 Å². The number of hydrogen-bond donors (Lipinski definition) is 1. The van der Waals surface area contributed by atoms with Gasteiger partial charge in [0.15, 0.2) is 0 Å². The van der Waals surface area contributed by atoms with Crippen molar-refractivity contribution in [2.24, 2.45) is 5.92 Å². The van der Waals surface area contributed by atoms with Crippen LogP contribution >= 0.6 is 0 Å². The van der Waals surface area contributed by atoms with Crippen LogP contribution < -0.4 is 0 Å². The molecule has 0 aliphatic carbocycles. The summed E-state index contributed by atoms with van der Waals surface area (Å²) in [6.07, 6.45) is 5.97. The number of carbonyl (C=O) groups excluding carboxylic acids is 1. The molecule has 0 spiro atoms. The summed E-state index contributed by atoms with van der Waals surface area (Å²) >= 11 is 0. The predicted octanol–water partition coefficient (Wildman–Crippen LogP) is 3.43. The third-order valence-electron chi connectivity index (χ3n) is 5.17. The number of carboxylic acids is 1. The fraction of sp³-hybridized carbons (Fsp3) is 0.476. The first-order valence-electron chi connectivity index (χ1n) is 9.41. The summed E-state index contributed by atoms with van der Waals surface area (Å²) in [5.74, 6) is -0.462. The van der Waals surface area contributed by atoms with Crippen LogP contribution in [-0.2, 0) is 12.0 Å². The summed E-state index contributed by atoms with van der Waals surface area (Å²) in [6.45, 7) is 7.54. The van der Waals surface area contributed by atoms with E-state index in [9.17, 15) is 14.7 Å². The van der Waals surface area contributed by atoms with E-state index in [2.05, 4.69) is 25.9 Å². The number of carboxylic acid groups (broad SMARTS) is 1. The van der Waals surface area contributed by atoms with Crippen molar-refractivity contribution in [1.29, 1.82) is 0 Å². The zero-order valence-electron chi connectivity index (χ0n) is 16.2. The number of aromatic nitrogens is 2. The van der Waals surface area contributed by atoms with Crippen molar-refractivity contribution < 1.29 is 14.7 Å². The summed E-state index contributed by atoms with van der Waals surface area (Å²) in [4.78, 5) is 26.0. The van der Waals surface area contributed by atoms with E-state index in [0.717, 1.165) is 24.8 Å². The Bertz CT molecular complexity index is 827. The molecule has 27 heavy (non-hydrogen) atoms. The summed E-state index contributed by atoms with van der Waals surface area (Å²) < 4.78 is 1.82. The van der Waals surface area contributed by atoms with Gasteiger partial charge in [-0.1, -0.05) is 18.2 Å². The first kappa shape index (κ1) is 19.1. The predicted molar refractivity (Wildman–Crippen MR) is 103 cm³/mol. The van der Waals surface area contributed by atoms with Crippen LogP contribution in [-0.4, -0.2) is 44.8 Å². The molecule has 2 aromatic rings. The summed E-state index contributed by atoms with van der Waals surface area (Å²) in [5.41, 5.74) is 1.73. The smallest absolute Gasteiger partial charge is 0.335 e. The van der Waals surface area contributed by atoms with Gasteiger partial charge in [-0.25, -0.2) is 4.79 Å². The van der Waals surface area contributed by atoms with E-state index in [1.807, 2.05) is 27.9 Å². The Morgan fingerprint density at radius 2 is 1.85 bits per heavy atom. The maximum Gasteiger partial charge on any atom is 0.335 e. The average molecular weight is 369 g/mol. The minimum Gasteiger partial charge on any atom is -0.478 e. The number of carbonyl (C=O) groups is 2. The first-order chi connectivity index (χ1) is 12.8. The van der Waals surface area contributed by atoms with Crippen molar-refractivity contribution in [2.45, 2.75) is 45.6 Å². The number of benzene rings is 1. The fourth-order valence-corrected chi connectivity index (χ4v) is 3.54. The molecule has 2 heterocycles. The fourth-order valence-electron chi connectivity index (χ4n) is 3.54. The van der Waals surface area contributed by atoms with Crippen LogP contribution in [0.5, 0.6) is 0 Å². The van der Waals surface area contributed by atoms with E-state index in [4.69, 9.17) is 0 Å². The van der Waals surface area contributed by atoms with E-state index in [1.165, 1.54) is 0 Å². The Balaban J connectivity index is 1.60. The van der Waals surface area contributed by atoms with E-state index < -0.39 is 5.97 Å². The lowest BCUT2D eigenvalue weighted by Crippen LogP contribution is -2.39. The number of nitrogens with zero attached hydrogens (tertiary/aromatic N) is 3. The number of likely N-dealkylation sites (tertiary alicyclic amines) is 1. The second-order valence-electron chi connectivity index (χ2n) is 8.25. The van der Waals surface area contributed by atoms with Crippen LogP contribution in [0.2, 0.25) is 0 Å². The molecule has 1 aliphatic rings. The molecule has 0 bridgehead atoms. The zero-order valence-corrected chi connectivity index (χ0v) is 16.2. The van der Waals surface area contributed by atoms with Crippen LogP contribution in [0.1, 0.15) is 59.9 Å². The molecule has 1 aromatic carbocycles. The van der Waals surface area contributed by atoms with Crippen LogP contribution in [0.25, 0.3) is 0 Å². The van der Waals surface area contributed by atoms with Gasteiger partial charge in [0.1, 0.15) is 0 Å². The van der Waals surface area contributed by atoms with Gasteiger partial charge in [-0.15, -0.1) is 0 Å². The highest BCUT2D eigenvalue weighted by Crippen LogP contribution is 2.25. The van der Waals surface area contributed by atoms with E-state index in [-0.39, 0.29) is 11.4 Å². The minimum absolute atomic E-state index is 0.0230. The van der Waals surface area contributed by atoms with Crippen LogP contribution in [0, 0.1) is 5.92 Å². The van der Waals surface area contributed by atoms with Crippen molar-refractivity contribution in [3.8, 4) is 0 Å². The monoisotopic (exact) mass is 369 g/mol. The topological polar surface area (TPSA) is 75.4 Å². The molecule has 1 N–H and O–H groups in total. The van der Waals surface area contributed by atoms with Gasteiger partial charge in [0, 0.05) is 19.3 Å². The van der Waals surface area contributed by atoms with Crippen molar-refractivity contribution in [1.82, 2.24) is 14.7 Å². The highest BCUT2D eigenvalue weighted by atomic mass is 16.4. The van der Waals surface area contributed by atoms with Crippen molar-refractivity contribution >= 4 is 11.9 Å². The zero-order chi connectivity index (χ0) is 19.6. The minimum atomic E-state index is -0.880. The highest BCUT2D eigenvalue weighted by molar-refractivity contribution is 5.93. The van der Waals surface area contributed by atoms with E-state index >= 15 is 0 Å². The second-order valence-corrected chi connectivity index (χ2v) is 8.25. The number of rotatable bonds is 4. The lowest BCUT2D eigenvalue weighted by atomic mass is 9.88. The Morgan fingerprint density at radius 1 is 1.19 bits per heavy atom. The molecule has 0 saturated carbocycles. The Labute approximate surface area is 159 Å². The molecule has 0 atom stereocenters. The third kappa shape index (κ3) is 4.38. The first-order valence-corrected chi connectivity index (χ1v) is 9.41. The molecule has 0 radical (unpaired) electrons. The summed E-state index contributed by atoms with van der Waals surface area (Å²) in [6, 6.07) is 7.18. The molecule has 0 unspecified atom stereocenters. The van der Waals surface area contributed by atoms with Crippen LogP contribution in [0.4, 0.5) is 0 Å². The molecule has 6 nitrogen and oxygen atoms in total. The lowest BCUT2D eigenvalue weighted by molar-refractivity contribution is 0.0690. The average Bonchev–Trinajstić information content (AvgIpc) is 3.12. The third-order valence-corrected chi connectivity index (χ3v) is 5.17.